The van der Waals surface area contributed by atoms with Gasteiger partial charge in [-0.15, -0.1) is 23.1 Å². The van der Waals surface area contributed by atoms with Crippen molar-refractivity contribution in [1.82, 2.24) is 24.3 Å². The summed E-state index contributed by atoms with van der Waals surface area (Å²) in [6.45, 7) is 1.28. The summed E-state index contributed by atoms with van der Waals surface area (Å²) in [6, 6.07) is 17.6. The summed E-state index contributed by atoms with van der Waals surface area (Å²) in [4.78, 5) is 31.2. The number of urea groups is 1. The maximum atomic E-state index is 13.0. The summed E-state index contributed by atoms with van der Waals surface area (Å²) in [6.07, 6.45) is 7.63. The Morgan fingerprint density at radius 2 is 2.02 bits per heavy atom. The van der Waals surface area contributed by atoms with Crippen molar-refractivity contribution >= 4 is 45.7 Å². The van der Waals surface area contributed by atoms with Gasteiger partial charge in [0.15, 0.2) is 4.96 Å². The number of hydrogen-bond acceptors (Lipinski definition) is 8. The number of thiazole rings is 1. The number of aromatic nitrogens is 4. The third-order valence-corrected chi connectivity index (χ3v) is 8.39. The zero-order chi connectivity index (χ0) is 27.5. The van der Waals surface area contributed by atoms with E-state index >= 15 is 0 Å². The first-order valence-corrected chi connectivity index (χ1v) is 15.1. The fraction of sp³-hybridized carbons (Fsp3) is 0.241. The molecule has 11 heteroatoms. The lowest BCUT2D eigenvalue weighted by atomic mass is 10.1. The summed E-state index contributed by atoms with van der Waals surface area (Å²) in [5.41, 5.74) is 4.24. The van der Waals surface area contributed by atoms with E-state index in [1.54, 1.807) is 36.4 Å². The second-order valence-corrected chi connectivity index (χ2v) is 11.2. The summed E-state index contributed by atoms with van der Waals surface area (Å²) >= 11 is 3.25. The molecule has 3 aromatic heterocycles. The molecular weight excluding hydrogens is 543 g/mol. The highest BCUT2D eigenvalue weighted by Gasteiger charge is 2.25. The maximum Gasteiger partial charge on any atom is 0.321 e. The molecular formula is C29H29N7O2S2. The summed E-state index contributed by atoms with van der Waals surface area (Å²) in [5, 5.41) is 8.51. The van der Waals surface area contributed by atoms with E-state index in [0.717, 1.165) is 56.8 Å². The lowest BCUT2D eigenvalue weighted by Crippen LogP contribution is -2.47. The predicted molar refractivity (Wildman–Crippen MR) is 162 cm³/mol. The molecule has 0 radical (unpaired) electrons. The first kappa shape index (κ1) is 26.1. The fourth-order valence-electron chi connectivity index (χ4n) is 4.90. The molecule has 6 rings (SSSR count). The number of methoxy groups -OCH3 is 1. The molecule has 1 aliphatic rings. The summed E-state index contributed by atoms with van der Waals surface area (Å²) < 4.78 is 7.51. The van der Waals surface area contributed by atoms with Crippen molar-refractivity contribution in [3.8, 4) is 28.4 Å². The number of nitrogens with zero attached hydrogens (tertiary/aromatic N) is 5. The topological polar surface area (TPSA) is 96.7 Å². The van der Waals surface area contributed by atoms with Crippen molar-refractivity contribution in [2.24, 2.45) is 0 Å². The average molecular weight is 572 g/mol. The Hall–Kier alpha value is -4.09. The third-order valence-electron chi connectivity index (χ3n) is 6.89. The Morgan fingerprint density at radius 3 is 2.85 bits per heavy atom. The van der Waals surface area contributed by atoms with Crippen LogP contribution in [0.25, 0.3) is 27.6 Å². The second kappa shape index (κ2) is 11.6. The molecule has 0 spiro atoms. The minimum absolute atomic E-state index is 0.0399. The molecule has 204 valence electrons. The first-order chi connectivity index (χ1) is 19.6. The number of carbonyl (C=O) groups is 1. The van der Waals surface area contributed by atoms with Gasteiger partial charge in [-0.25, -0.2) is 19.7 Å². The van der Waals surface area contributed by atoms with Gasteiger partial charge < -0.3 is 20.3 Å². The van der Waals surface area contributed by atoms with Crippen molar-refractivity contribution < 1.29 is 9.53 Å². The average Bonchev–Trinajstić information content (AvgIpc) is 3.60. The lowest BCUT2D eigenvalue weighted by Gasteiger charge is -2.33. The number of anilines is 2. The number of benzene rings is 2. The molecule has 0 aliphatic carbocycles. The fourth-order valence-corrected chi connectivity index (χ4v) is 6.02. The predicted octanol–water partition coefficient (Wildman–Crippen LogP) is 6.36. The molecule has 5 aromatic rings. The second-order valence-electron chi connectivity index (χ2n) is 9.45. The van der Waals surface area contributed by atoms with Gasteiger partial charge in [-0.1, -0.05) is 12.1 Å². The largest absolute Gasteiger partial charge is 0.497 e. The summed E-state index contributed by atoms with van der Waals surface area (Å²) in [7, 11) is 1.66. The Balaban J connectivity index is 1.21. The first-order valence-electron chi connectivity index (χ1n) is 13.0. The van der Waals surface area contributed by atoms with Gasteiger partial charge in [0.25, 0.3) is 0 Å². The number of ether oxygens (including phenoxy) is 1. The van der Waals surface area contributed by atoms with Gasteiger partial charge in [-0.05, 0) is 61.6 Å². The van der Waals surface area contributed by atoms with Gasteiger partial charge in [-0.3, -0.25) is 4.40 Å². The van der Waals surface area contributed by atoms with Crippen LogP contribution in [0, 0.1) is 0 Å². The highest BCUT2D eigenvalue weighted by Crippen LogP contribution is 2.35. The van der Waals surface area contributed by atoms with Crippen LogP contribution in [0.1, 0.15) is 12.8 Å². The molecule has 2 N–H and O–H groups in total. The smallest absolute Gasteiger partial charge is 0.321 e. The van der Waals surface area contributed by atoms with Gasteiger partial charge in [0.2, 0.25) is 5.95 Å². The van der Waals surface area contributed by atoms with E-state index < -0.39 is 0 Å². The van der Waals surface area contributed by atoms with E-state index in [4.69, 9.17) is 14.7 Å². The van der Waals surface area contributed by atoms with Crippen molar-refractivity contribution in [2.45, 2.75) is 23.8 Å². The van der Waals surface area contributed by atoms with Gasteiger partial charge >= 0.3 is 6.03 Å². The van der Waals surface area contributed by atoms with Gasteiger partial charge in [0.05, 0.1) is 18.5 Å². The number of piperidine rings is 1. The van der Waals surface area contributed by atoms with Gasteiger partial charge in [-0.2, -0.15) is 0 Å². The lowest BCUT2D eigenvalue weighted by molar-refractivity contribution is 0.196. The van der Waals surface area contributed by atoms with Crippen molar-refractivity contribution in [2.75, 3.05) is 37.1 Å². The molecule has 1 fully saturated rings. The molecule has 1 saturated heterocycles. The van der Waals surface area contributed by atoms with E-state index in [1.807, 2.05) is 77.3 Å². The van der Waals surface area contributed by atoms with Crippen molar-refractivity contribution in [3.63, 3.8) is 0 Å². The monoisotopic (exact) mass is 571 g/mol. The molecule has 0 saturated carbocycles. The molecule has 0 bridgehead atoms. The number of likely N-dealkylation sites (tertiary alicyclic amines) is 1. The van der Waals surface area contributed by atoms with Crippen LogP contribution >= 0.6 is 23.1 Å². The van der Waals surface area contributed by atoms with Crippen LogP contribution < -0.4 is 15.4 Å². The number of imidazole rings is 1. The Labute approximate surface area is 240 Å². The quantitative estimate of drug-likeness (QED) is 0.220. The molecule has 40 heavy (non-hydrogen) atoms. The third kappa shape index (κ3) is 5.47. The van der Waals surface area contributed by atoms with Crippen LogP contribution in [-0.2, 0) is 0 Å². The molecule has 2 aromatic carbocycles. The van der Waals surface area contributed by atoms with Crippen molar-refractivity contribution in [1.29, 1.82) is 0 Å². The normalized spacial score (nSPS) is 15.2. The van der Waals surface area contributed by atoms with E-state index in [2.05, 4.69) is 20.0 Å². The van der Waals surface area contributed by atoms with Crippen LogP contribution in [0.15, 0.2) is 77.3 Å². The number of hydrogen-bond donors (Lipinski definition) is 2. The number of amides is 2. The SMILES string of the molecule is COc1cccc(-c2nc3sccn3c2-c2ccnc(N[C@@H]3CCCN(C(=O)Nc4ccc(SC)cc4)C3)n2)c1. The number of rotatable bonds is 7. The molecule has 1 aliphatic heterocycles. The number of nitrogens with one attached hydrogen (secondary N) is 2. The maximum absolute atomic E-state index is 13.0. The highest BCUT2D eigenvalue weighted by molar-refractivity contribution is 7.98. The number of carbonyl (C=O) groups excluding carboxylic acids is 1. The molecule has 2 amide bonds. The van der Waals surface area contributed by atoms with Crippen LogP contribution in [0.2, 0.25) is 0 Å². The Morgan fingerprint density at radius 1 is 1.15 bits per heavy atom. The molecule has 0 unspecified atom stereocenters. The van der Waals surface area contributed by atoms with E-state index in [0.29, 0.717) is 19.0 Å². The Bertz CT molecular complexity index is 1630. The van der Waals surface area contributed by atoms with Gasteiger partial charge in [0, 0.05) is 53.1 Å². The Kier molecular flexibility index (Phi) is 7.56. The van der Waals surface area contributed by atoms with Crippen LogP contribution in [-0.4, -0.2) is 62.8 Å². The van der Waals surface area contributed by atoms with E-state index in [9.17, 15) is 4.79 Å². The van der Waals surface area contributed by atoms with Crippen LogP contribution in [0.4, 0.5) is 16.4 Å². The zero-order valence-corrected chi connectivity index (χ0v) is 23.8. The number of fused-ring (bicyclic) bond motifs is 1. The van der Waals surface area contributed by atoms with E-state index in [-0.39, 0.29) is 12.1 Å². The van der Waals surface area contributed by atoms with Crippen molar-refractivity contribution in [3.05, 3.63) is 72.4 Å². The van der Waals surface area contributed by atoms with Crippen LogP contribution in [0.3, 0.4) is 0 Å². The minimum atomic E-state index is -0.0971. The number of thioether (sulfide) groups is 1. The zero-order valence-electron chi connectivity index (χ0n) is 22.2. The standard InChI is InChI=1S/C29H29N7O2S2/c1-38-22-7-3-5-19(17-22)25-26(36-15-16-40-29(36)34-25)24-12-13-30-27(33-24)31-21-6-4-14-35(18-21)28(37)32-20-8-10-23(39-2)11-9-20/h3,5,7-13,15-17,21H,4,6,14,18H2,1-2H3,(H,32,37)(H,30,31,33)/t21-/m1/s1. The van der Waals surface area contributed by atoms with E-state index in [1.165, 1.54) is 0 Å². The summed E-state index contributed by atoms with van der Waals surface area (Å²) in [5.74, 6) is 1.30. The highest BCUT2D eigenvalue weighted by atomic mass is 32.2. The van der Waals surface area contributed by atoms with Gasteiger partial charge in [0.1, 0.15) is 11.4 Å². The van der Waals surface area contributed by atoms with Crippen LogP contribution in [0.5, 0.6) is 5.75 Å². The molecule has 4 heterocycles. The molecule has 9 nitrogen and oxygen atoms in total. The minimum Gasteiger partial charge on any atom is -0.497 e. The molecule has 1 atom stereocenters.